The van der Waals surface area contributed by atoms with E-state index in [0.717, 1.165) is 19.3 Å². The molecule has 39 heavy (non-hydrogen) atoms. The highest BCUT2D eigenvalue weighted by molar-refractivity contribution is 5.87. The molecule has 9 nitrogen and oxygen atoms in total. The van der Waals surface area contributed by atoms with Crippen LogP contribution in [0.25, 0.3) is 0 Å². The number of hydrogen-bond acceptors (Lipinski definition) is 6. The lowest BCUT2D eigenvalue weighted by atomic mass is 9.90. The Kier molecular flexibility index (Phi) is 15.0. The molecule has 1 saturated heterocycles. The number of ether oxygens (including phenoxy) is 2. The fourth-order valence-corrected chi connectivity index (χ4v) is 6.03. The largest absolute Gasteiger partial charge is 0.379 e. The van der Waals surface area contributed by atoms with E-state index in [2.05, 4.69) is 33.0 Å². The Bertz CT molecular complexity index is 774. The van der Waals surface area contributed by atoms with Gasteiger partial charge in [-0.05, 0) is 51.5 Å². The molecule has 6 atom stereocenters. The van der Waals surface area contributed by atoms with Crippen molar-refractivity contribution in [3.63, 3.8) is 0 Å². The van der Waals surface area contributed by atoms with Gasteiger partial charge in [-0.1, -0.05) is 48.0 Å². The summed E-state index contributed by atoms with van der Waals surface area (Å²) < 4.78 is 11.7. The molecule has 0 aromatic heterocycles. The molecule has 1 N–H and O–H groups in total. The molecule has 1 heterocycles. The van der Waals surface area contributed by atoms with Crippen molar-refractivity contribution in [2.24, 2.45) is 17.8 Å². The highest BCUT2D eigenvalue weighted by Crippen LogP contribution is 2.28. The fourth-order valence-electron chi connectivity index (χ4n) is 6.03. The lowest BCUT2D eigenvalue weighted by Crippen LogP contribution is -2.55. The Hall–Kier alpha value is -1.71. The Balaban J connectivity index is 3.02. The van der Waals surface area contributed by atoms with E-state index >= 15 is 0 Å². The van der Waals surface area contributed by atoms with Crippen LogP contribution in [0.4, 0.5) is 0 Å². The van der Waals surface area contributed by atoms with Gasteiger partial charge < -0.3 is 24.6 Å². The smallest absolute Gasteiger partial charge is 0.242 e. The zero-order valence-electron chi connectivity index (χ0n) is 26.8. The van der Waals surface area contributed by atoms with E-state index in [1.165, 1.54) is 0 Å². The molecule has 0 aromatic rings. The van der Waals surface area contributed by atoms with Crippen molar-refractivity contribution in [2.75, 3.05) is 41.4 Å². The van der Waals surface area contributed by atoms with Gasteiger partial charge in [0.05, 0.1) is 43.3 Å². The van der Waals surface area contributed by atoms with Gasteiger partial charge >= 0.3 is 0 Å². The first-order valence-electron chi connectivity index (χ1n) is 14.8. The highest BCUT2D eigenvalue weighted by Gasteiger charge is 2.40. The average Bonchev–Trinajstić information content (AvgIpc) is 3.35. The van der Waals surface area contributed by atoms with Crippen molar-refractivity contribution in [1.29, 1.82) is 0 Å². The van der Waals surface area contributed by atoms with Crippen molar-refractivity contribution in [3.8, 4) is 0 Å². The molecule has 0 radical (unpaired) electrons. The van der Waals surface area contributed by atoms with Gasteiger partial charge in [-0.3, -0.25) is 19.3 Å². The van der Waals surface area contributed by atoms with Crippen molar-refractivity contribution in [3.05, 3.63) is 0 Å². The summed E-state index contributed by atoms with van der Waals surface area (Å²) >= 11 is 0. The number of likely N-dealkylation sites (tertiary alicyclic amines) is 1. The van der Waals surface area contributed by atoms with Crippen LogP contribution < -0.4 is 5.32 Å². The third-order valence-electron chi connectivity index (χ3n) is 8.62. The summed E-state index contributed by atoms with van der Waals surface area (Å²) in [5, 5.41) is 2.87. The first kappa shape index (κ1) is 35.3. The number of methoxy groups -OCH3 is 2. The van der Waals surface area contributed by atoms with E-state index in [4.69, 9.17) is 9.47 Å². The third kappa shape index (κ3) is 9.42. The van der Waals surface area contributed by atoms with Crippen LogP contribution in [0, 0.1) is 17.8 Å². The van der Waals surface area contributed by atoms with E-state index in [1.807, 2.05) is 44.5 Å². The van der Waals surface area contributed by atoms with Gasteiger partial charge in [-0.15, -0.1) is 0 Å². The molecule has 1 rings (SSSR count). The SMILES string of the molecule is CCC(C)C(C(CC(=O)N1CCCC1C(OC)C(C)C)OC)N(C)C(=O)CNC(=O)C(C(C)C)N(C)C(C)C. The van der Waals surface area contributed by atoms with Gasteiger partial charge in [-0.2, -0.15) is 0 Å². The van der Waals surface area contributed by atoms with Gasteiger partial charge in [-0.25, -0.2) is 0 Å². The van der Waals surface area contributed by atoms with E-state index in [9.17, 15) is 14.4 Å². The van der Waals surface area contributed by atoms with E-state index in [1.54, 1.807) is 26.2 Å². The maximum absolute atomic E-state index is 13.6. The summed E-state index contributed by atoms with van der Waals surface area (Å²) in [4.78, 5) is 45.6. The first-order chi connectivity index (χ1) is 18.2. The number of nitrogens with one attached hydrogen (secondary N) is 1. The molecule has 0 aromatic carbocycles. The molecule has 0 saturated carbocycles. The number of carbonyl (C=O) groups excluding carboxylic acids is 3. The molecular formula is C30H58N4O5. The predicted molar refractivity (Wildman–Crippen MR) is 156 cm³/mol. The third-order valence-corrected chi connectivity index (χ3v) is 8.62. The van der Waals surface area contributed by atoms with Crippen LogP contribution in [0.5, 0.6) is 0 Å². The number of carbonyl (C=O) groups is 3. The first-order valence-corrected chi connectivity index (χ1v) is 14.8. The van der Waals surface area contributed by atoms with E-state index in [-0.39, 0.29) is 72.8 Å². The number of nitrogens with zero attached hydrogens (tertiary/aromatic N) is 3. The molecule has 228 valence electrons. The minimum atomic E-state index is -0.464. The topological polar surface area (TPSA) is 91.4 Å². The molecular weight excluding hydrogens is 496 g/mol. The van der Waals surface area contributed by atoms with Gasteiger partial charge in [0, 0.05) is 33.9 Å². The van der Waals surface area contributed by atoms with Crippen molar-refractivity contribution < 1.29 is 23.9 Å². The fraction of sp³-hybridized carbons (Fsp3) is 0.900. The summed E-state index contributed by atoms with van der Waals surface area (Å²) in [6, 6.07) is -0.384. The lowest BCUT2D eigenvalue weighted by molar-refractivity contribution is -0.144. The van der Waals surface area contributed by atoms with Crippen LogP contribution >= 0.6 is 0 Å². The van der Waals surface area contributed by atoms with E-state index in [0.29, 0.717) is 12.5 Å². The quantitative estimate of drug-likeness (QED) is 0.315. The molecule has 1 aliphatic heterocycles. The van der Waals surface area contributed by atoms with Crippen LogP contribution in [0.2, 0.25) is 0 Å². The molecule has 0 spiro atoms. The van der Waals surface area contributed by atoms with Crippen LogP contribution in [-0.2, 0) is 23.9 Å². The van der Waals surface area contributed by atoms with Crippen LogP contribution in [0.1, 0.15) is 81.1 Å². The summed E-state index contributed by atoms with van der Waals surface area (Å²) in [6.07, 6.45) is 2.42. The Morgan fingerprint density at radius 2 is 1.59 bits per heavy atom. The highest BCUT2D eigenvalue weighted by atomic mass is 16.5. The maximum Gasteiger partial charge on any atom is 0.242 e. The van der Waals surface area contributed by atoms with Crippen LogP contribution in [0.15, 0.2) is 0 Å². The van der Waals surface area contributed by atoms with E-state index < -0.39 is 6.10 Å². The zero-order chi connectivity index (χ0) is 30.0. The standard InChI is InChI=1S/C30H58N4O5/c1-13-22(8)28(33(10)26(36)18-31-30(37)27(19(2)3)32(9)21(6)7)24(38-11)17-25(35)34-16-14-15-23(34)29(39-12)20(4)5/h19-24,27-29H,13-18H2,1-12H3,(H,31,37). The predicted octanol–water partition coefficient (Wildman–Crippen LogP) is 3.41. The maximum atomic E-state index is 13.6. The molecule has 3 amide bonds. The molecule has 6 unspecified atom stereocenters. The molecule has 0 bridgehead atoms. The van der Waals surface area contributed by atoms with Crippen molar-refractivity contribution in [1.82, 2.24) is 20.0 Å². The van der Waals surface area contributed by atoms with Gasteiger partial charge in [0.2, 0.25) is 17.7 Å². The zero-order valence-corrected chi connectivity index (χ0v) is 26.8. The second-order valence-corrected chi connectivity index (χ2v) is 12.3. The summed E-state index contributed by atoms with van der Waals surface area (Å²) in [5.41, 5.74) is 0. The monoisotopic (exact) mass is 554 g/mol. The lowest BCUT2D eigenvalue weighted by Gasteiger charge is -2.39. The Labute approximate surface area is 238 Å². The second kappa shape index (κ2) is 16.5. The molecule has 1 fully saturated rings. The summed E-state index contributed by atoms with van der Waals surface area (Å²) in [7, 11) is 7.01. The van der Waals surface area contributed by atoms with Crippen molar-refractivity contribution >= 4 is 17.7 Å². The van der Waals surface area contributed by atoms with Gasteiger partial charge in [0.1, 0.15) is 0 Å². The second-order valence-electron chi connectivity index (χ2n) is 12.3. The number of likely N-dealkylation sites (N-methyl/N-ethyl adjacent to an activating group) is 2. The Morgan fingerprint density at radius 1 is 0.974 bits per heavy atom. The van der Waals surface area contributed by atoms with Gasteiger partial charge in [0.15, 0.2) is 0 Å². The normalized spacial score (nSPS) is 19.9. The van der Waals surface area contributed by atoms with Crippen LogP contribution in [-0.4, -0.2) is 110 Å². The number of rotatable bonds is 16. The molecule has 1 aliphatic rings. The number of hydrogen-bond donors (Lipinski definition) is 1. The summed E-state index contributed by atoms with van der Waals surface area (Å²) in [5.74, 6) is 0.181. The molecule has 9 heteroatoms. The number of amides is 3. The minimum absolute atomic E-state index is 0.0138. The molecule has 0 aliphatic carbocycles. The average molecular weight is 555 g/mol. The summed E-state index contributed by atoms with van der Waals surface area (Å²) in [6.45, 7) is 17.1. The Morgan fingerprint density at radius 3 is 2.05 bits per heavy atom. The van der Waals surface area contributed by atoms with Crippen molar-refractivity contribution in [2.45, 2.75) is 117 Å². The minimum Gasteiger partial charge on any atom is -0.379 e. The van der Waals surface area contributed by atoms with Gasteiger partial charge in [0.25, 0.3) is 0 Å². The van der Waals surface area contributed by atoms with Crippen LogP contribution in [0.3, 0.4) is 0 Å².